The van der Waals surface area contributed by atoms with E-state index in [1.165, 1.54) is 36.5 Å². The predicted octanol–water partition coefficient (Wildman–Crippen LogP) is 15.6. The van der Waals surface area contributed by atoms with Crippen LogP contribution in [0.4, 0.5) is 17.1 Å². The minimum Gasteiger partial charge on any atom is -0.455 e. The van der Waals surface area contributed by atoms with Gasteiger partial charge in [-0.3, -0.25) is 0 Å². The van der Waals surface area contributed by atoms with Gasteiger partial charge in [0.15, 0.2) is 0 Å². The maximum absolute atomic E-state index is 6.55. The molecule has 0 aliphatic heterocycles. The zero-order chi connectivity index (χ0) is 36.3. The average Bonchev–Trinajstić information content (AvgIpc) is 3.82. The quantitative estimate of drug-likeness (QED) is 0.170. The maximum atomic E-state index is 6.55. The van der Waals surface area contributed by atoms with E-state index in [1.54, 1.807) is 0 Å². The highest BCUT2D eigenvalue weighted by molar-refractivity contribution is 7.25. The van der Waals surface area contributed by atoms with Gasteiger partial charge in [-0.15, -0.1) is 11.3 Å². The second kappa shape index (κ2) is 12.9. The van der Waals surface area contributed by atoms with Crippen LogP contribution in [0.25, 0.3) is 86.3 Å². The lowest BCUT2D eigenvalue weighted by atomic mass is 9.95. The standard InChI is InChI=1S/C52H33NOS/c1-2-13-35(14-3-1)42-28-26-38(37-25-24-34-12-4-5-15-36(34)30-37)32-48(42)53(41-27-29-51-47(33-41)45-19-7-9-23-50(45)55-51)40-17-10-16-39(31-40)43-20-11-21-46-44-18-6-8-22-49(44)54-52(43)46/h1-33H. The van der Waals surface area contributed by atoms with Crippen molar-refractivity contribution in [3.63, 3.8) is 0 Å². The van der Waals surface area contributed by atoms with Crippen molar-refractivity contribution in [3.05, 3.63) is 200 Å². The largest absolute Gasteiger partial charge is 0.455 e. The molecule has 3 heteroatoms. The van der Waals surface area contributed by atoms with Gasteiger partial charge in [-0.05, 0) is 87.6 Å². The topological polar surface area (TPSA) is 16.4 Å². The molecule has 2 aromatic heterocycles. The molecule has 0 spiro atoms. The monoisotopic (exact) mass is 719 g/mol. The lowest BCUT2D eigenvalue weighted by molar-refractivity contribution is 0.670. The van der Waals surface area contributed by atoms with Crippen LogP contribution in [0.5, 0.6) is 0 Å². The van der Waals surface area contributed by atoms with Gasteiger partial charge in [0.2, 0.25) is 0 Å². The van der Waals surface area contributed by atoms with Crippen LogP contribution in [0.1, 0.15) is 0 Å². The molecule has 0 fully saturated rings. The van der Waals surface area contributed by atoms with Gasteiger partial charge in [-0.25, -0.2) is 0 Å². The van der Waals surface area contributed by atoms with Gasteiger partial charge in [-0.2, -0.15) is 0 Å². The Morgan fingerprint density at radius 2 is 1.05 bits per heavy atom. The summed E-state index contributed by atoms with van der Waals surface area (Å²) in [6.45, 7) is 0. The van der Waals surface area contributed by atoms with E-state index in [1.807, 2.05) is 17.4 Å². The van der Waals surface area contributed by atoms with E-state index >= 15 is 0 Å². The van der Waals surface area contributed by atoms with E-state index in [-0.39, 0.29) is 0 Å². The van der Waals surface area contributed by atoms with Gasteiger partial charge >= 0.3 is 0 Å². The summed E-state index contributed by atoms with van der Waals surface area (Å²) in [5.41, 5.74) is 11.9. The number of anilines is 3. The van der Waals surface area contributed by atoms with Crippen LogP contribution in [0.2, 0.25) is 0 Å². The molecule has 0 saturated heterocycles. The first-order valence-electron chi connectivity index (χ1n) is 18.7. The molecule has 2 nitrogen and oxygen atoms in total. The Morgan fingerprint density at radius 1 is 0.364 bits per heavy atom. The summed E-state index contributed by atoms with van der Waals surface area (Å²) in [4.78, 5) is 2.45. The molecule has 2 heterocycles. The average molecular weight is 720 g/mol. The number of para-hydroxylation sites is 2. The Labute approximate surface area is 322 Å². The van der Waals surface area contributed by atoms with Crippen molar-refractivity contribution in [2.24, 2.45) is 0 Å². The molecule has 55 heavy (non-hydrogen) atoms. The van der Waals surface area contributed by atoms with E-state index in [0.29, 0.717) is 0 Å². The van der Waals surface area contributed by atoms with Crippen LogP contribution in [0, 0.1) is 0 Å². The summed E-state index contributed by atoms with van der Waals surface area (Å²) in [5.74, 6) is 0. The van der Waals surface area contributed by atoms with Crippen molar-refractivity contribution >= 4 is 81.3 Å². The van der Waals surface area contributed by atoms with Crippen LogP contribution < -0.4 is 4.90 Å². The first-order valence-corrected chi connectivity index (χ1v) is 19.5. The van der Waals surface area contributed by atoms with Gasteiger partial charge in [0.05, 0.1) is 5.69 Å². The maximum Gasteiger partial charge on any atom is 0.143 e. The number of nitrogens with zero attached hydrogens (tertiary/aromatic N) is 1. The number of hydrogen-bond acceptors (Lipinski definition) is 3. The van der Waals surface area contributed by atoms with Crippen molar-refractivity contribution in [3.8, 4) is 33.4 Å². The highest BCUT2D eigenvalue weighted by Gasteiger charge is 2.21. The lowest BCUT2D eigenvalue weighted by Crippen LogP contribution is -2.11. The number of fused-ring (bicyclic) bond motifs is 7. The minimum atomic E-state index is 0.900. The molecule has 0 saturated carbocycles. The number of hydrogen-bond donors (Lipinski definition) is 0. The zero-order valence-electron chi connectivity index (χ0n) is 29.8. The zero-order valence-corrected chi connectivity index (χ0v) is 30.6. The molecule has 11 aromatic rings. The molecule has 0 aliphatic carbocycles. The van der Waals surface area contributed by atoms with Crippen molar-refractivity contribution < 1.29 is 4.42 Å². The van der Waals surface area contributed by atoms with Gasteiger partial charge in [0.25, 0.3) is 0 Å². The second-order valence-electron chi connectivity index (χ2n) is 14.1. The molecule has 0 radical (unpaired) electrons. The highest BCUT2D eigenvalue weighted by atomic mass is 32.1. The van der Waals surface area contributed by atoms with Crippen LogP contribution in [0.3, 0.4) is 0 Å². The first-order chi connectivity index (χ1) is 27.2. The predicted molar refractivity (Wildman–Crippen MR) is 235 cm³/mol. The highest BCUT2D eigenvalue weighted by Crippen LogP contribution is 2.46. The summed E-state index contributed by atoms with van der Waals surface area (Å²) in [6, 6.07) is 72.4. The molecule has 0 bridgehead atoms. The van der Waals surface area contributed by atoms with Gasteiger partial charge in [0.1, 0.15) is 11.2 Å². The Kier molecular flexibility index (Phi) is 7.39. The summed E-state index contributed by atoms with van der Waals surface area (Å²) < 4.78 is 9.13. The van der Waals surface area contributed by atoms with Gasteiger partial charge in [-0.1, -0.05) is 146 Å². The molecule has 0 N–H and O–H groups in total. The van der Waals surface area contributed by atoms with Crippen molar-refractivity contribution in [1.82, 2.24) is 0 Å². The van der Waals surface area contributed by atoms with Crippen LogP contribution in [0.15, 0.2) is 205 Å². The Morgan fingerprint density at radius 3 is 1.98 bits per heavy atom. The molecule has 9 aromatic carbocycles. The van der Waals surface area contributed by atoms with Crippen molar-refractivity contribution in [2.45, 2.75) is 0 Å². The molecular weight excluding hydrogens is 687 g/mol. The fourth-order valence-corrected chi connectivity index (χ4v) is 9.28. The summed E-state index contributed by atoms with van der Waals surface area (Å²) in [6.07, 6.45) is 0. The van der Waals surface area contributed by atoms with E-state index in [4.69, 9.17) is 4.42 Å². The van der Waals surface area contributed by atoms with Crippen molar-refractivity contribution in [2.75, 3.05) is 4.90 Å². The molecule has 0 atom stereocenters. The second-order valence-corrected chi connectivity index (χ2v) is 15.2. The molecule has 11 rings (SSSR count). The first kappa shape index (κ1) is 31.6. The Balaban J connectivity index is 1.17. The number of benzene rings is 9. The van der Waals surface area contributed by atoms with E-state index in [9.17, 15) is 0 Å². The third kappa shape index (κ3) is 5.40. The molecule has 0 aliphatic rings. The molecule has 0 amide bonds. The summed E-state index contributed by atoms with van der Waals surface area (Å²) >= 11 is 1.85. The van der Waals surface area contributed by atoms with Crippen LogP contribution in [-0.2, 0) is 0 Å². The Hall–Kier alpha value is -6.94. The SMILES string of the molecule is c1ccc(-c2ccc(-c3ccc4ccccc4c3)cc2N(c2cccc(-c3cccc4c3oc3ccccc34)c2)c2ccc3sc4ccccc4c3c2)cc1. The third-order valence-corrected chi connectivity index (χ3v) is 12.0. The third-order valence-electron chi connectivity index (χ3n) is 10.8. The fourth-order valence-electron chi connectivity index (χ4n) is 8.19. The Bertz CT molecular complexity index is 3230. The smallest absolute Gasteiger partial charge is 0.143 e. The normalized spacial score (nSPS) is 11.6. The van der Waals surface area contributed by atoms with E-state index in [2.05, 4.69) is 199 Å². The van der Waals surface area contributed by atoms with Gasteiger partial charge in [0, 0.05) is 53.4 Å². The fraction of sp³-hybridized carbons (Fsp3) is 0. The number of rotatable bonds is 6. The number of furan rings is 1. The summed E-state index contributed by atoms with van der Waals surface area (Å²) in [5, 5.41) is 7.27. The lowest BCUT2D eigenvalue weighted by Gasteiger charge is -2.29. The summed E-state index contributed by atoms with van der Waals surface area (Å²) in [7, 11) is 0. The number of thiophene rings is 1. The van der Waals surface area contributed by atoms with E-state index < -0.39 is 0 Å². The van der Waals surface area contributed by atoms with Crippen molar-refractivity contribution in [1.29, 1.82) is 0 Å². The van der Waals surface area contributed by atoms with Crippen LogP contribution >= 0.6 is 11.3 Å². The van der Waals surface area contributed by atoms with E-state index in [0.717, 1.165) is 66.8 Å². The van der Waals surface area contributed by atoms with Gasteiger partial charge < -0.3 is 9.32 Å². The molecule has 258 valence electrons. The van der Waals surface area contributed by atoms with Crippen LogP contribution in [-0.4, -0.2) is 0 Å². The molecular formula is C52H33NOS. The minimum absolute atomic E-state index is 0.900. The molecule has 0 unspecified atom stereocenters.